The van der Waals surface area contributed by atoms with Crippen LogP contribution in [0.5, 0.6) is 0 Å². The molecule has 1 rings (SSSR count). The number of nitrogens with zero attached hydrogens (tertiary/aromatic N) is 3. The average Bonchev–Trinajstić information content (AvgIpc) is 2.47. The van der Waals surface area contributed by atoms with Crippen LogP contribution in [0, 0.1) is 5.92 Å². The van der Waals surface area contributed by atoms with E-state index in [9.17, 15) is 0 Å². The molecule has 0 aliphatic heterocycles. The lowest BCUT2D eigenvalue weighted by atomic mass is 10.1. The third-order valence-corrected chi connectivity index (χ3v) is 2.06. The minimum Gasteiger partial charge on any atom is -0.370 e. The van der Waals surface area contributed by atoms with Gasteiger partial charge in [0.1, 0.15) is 12.9 Å². The highest BCUT2D eigenvalue weighted by Crippen LogP contribution is 2.06. The van der Waals surface area contributed by atoms with Crippen LogP contribution in [0.3, 0.4) is 0 Å². The predicted molar refractivity (Wildman–Crippen MR) is 50.1 cm³/mol. The lowest BCUT2D eigenvalue weighted by Crippen LogP contribution is -2.15. The molecule has 0 amide bonds. The SMILES string of the molecule is CC(C)C(C)OCc1ncn(C)n1. The zero-order chi connectivity index (χ0) is 9.84. The summed E-state index contributed by atoms with van der Waals surface area (Å²) in [5, 5.41) is 4.12. The molecule has 0 aliphatic rings. The molecule has 0 aromatic carbocycles. The molecule has 0 saturated heterocycles. The van der Waals surface area contributed by atoms with Crippen LogP contribution in [0.15, 0.2) is 6.33 Å². The second-order valence-electron chi connectivity index (χ2n) is 3.59. The summed E-state index contributed by atoms with van der Waals surface area (Å²) in [5.41, 5.74) is 0. The highest BCUT2D eigenvalue weighted by atomic mass is 16.5. The number of hydrogen-bond donors (Lipinski definition) is 0. The molecule has 0 aliphatic carbocycles. The van der Waals surface area contributed by atoms with Crippen molar-refractivity contribution in [1.29, 1.82) is 0 Å². The first-order chi connectivity index (χ1) is 6.09. The molecule has 1 aromatic rings. The van der Waals surface area contributed by atoms with Crippen molar-refractivity contribution >= 4 is 0 Å². The van der Waals surface area contributed by atoms with E-state index in [1.54, 1.807) is 11.0 Å². The van der Waals surface area contributed by atoms with Crippen LogP contribution in [0.25, 0.3) is 0 Å². The number of rotatable bonds is 4. The molecule has 13 heavy (non-hydrogen) atoms. The van der Waals surface area contributed by atoms with E-state index in [-0.39, 0.29) is 6.10 Å². The van der Waals surface area contributed by atoms with Gasteiger partial charge in [-0.25, -0.2) is 4.98 Å². The van der Waals surface area contributed by atoms with Crippen molar-refractivity contribution in [3.63, 3.8) is 0 Å². The lowest BCUT2D eigenvalue weighted by molar-refractivity contribution is 0.0200. The molecule has 1 unspecified atom stereocenters. The molecule has 0 bridgehead atoms. The first kappa shape index (κ1) is 10.2. The van der Waals surface area contributed by atoms with Gasteiger partial charge in [-0.15, -0.1) is 0 Å². The molecule has 74 valence electrons. The molecule has 4 nitrogen and oxygen atoms in total. The Kier molecular flexibility index (Phi) is 3.42. The van der Waals surface area contributed by atoms with Gasteiger partial charge in [0, 0.05) is 7.05 Å². The third-order valence-electron chi connectivity index (χ3n) is 2.06. The molecule has 4 heteroatoms. The molecule has 1 atom stereocenters. The Hall–Kier alpha value is -0.900. The van der Waals surface area contributed by atoms with Crippen LogP contribution in [0.2, 0.25) is 0 Å². The highest BCUT2D eigenvalue weighted by molar-refractivity contribution is 4.77. The summed E-state index contributed by atoms with van der Waals surface area (Å²) < 4.78 is 7.24. The first-order valence-electron chi connectivity index (χ1n) is 4.55. The van der Waals surface area contributed by atoms with Gasteiger partial charge in [-0.3, -0.25) is 4.68 Å². The Morgan fingerprint density at radius 3 is 2.62 bits per heavy atom. The molecule has 0 spiro atoms. The smallest absolute Gasteiger partial charge is 0.176 e. The first-order valence-corrected chi connectivity index (χ1v) is 4.55. The van der Waals surface area contributed by atoms with Gasteiger partial charge in [-0.05, 0) is 12.8 Å². The Morgan fingerprint density at radius 1 is 1.46 bits per heavy atom. The van der Waals surface area contributed by atoms with Gasteiger partial charge < -0.3 is 4.74 Å². The van der Waals surface area contributed by atoms with Gasteiger partial charge in [-0.1, -0.05) is 13.8 Å². The van der Waals surface area contributed by atoms with Crippen molar-refractivity contribution in [3.8, 4) is 0 Å². The Labute approximate surface area is 78.9 Å². The largest absolute Gasteiger partial charge is 0.370 e. The Bertz CT molecular complexity index is 257. The van der Waals surface area contributed by atoms with Crippen molar-refractivity contribution < 1.29 is 4.74 Å². The number of aromatic nitrogens is 3. The Morgan fingerprint density at radius 2 is 2.15 bits per heavy atom. The standard InChI is InChI=1S/C9H17N3O/c1-7(2)8(3)13-5-9-10-6-12(4)11-9/h6-8H,5H2,1-4H3. The molecule has 0 radical (unpaired) electrons. The summed E-state index contributed by atoms with van der Waals surface area (Å²) in [6.45, 7) is 6.83. The van der Waals surface area contributed by atoms with Crippen LogP contribution in [0.1, 0.15) is 26.6 Å². The number of hydrogen-bond acceptors (Lipinski definition) is 3. The topological polar surface area (TPSA) is 39.9 Å². The van der Waals surface area contributed by atoms with Gasteiger partial charge in [0.15, 0.2) is 5.82 Å². The zero-order valence-electron chi connectivity index (χ0n) is 8.69. The molecule has 0 N–H and O–H groups in total. The van der Waals surface area contributed by atoms with Crippen molar-refractivity contribution in [2.75, 3.05) is 0 Å². The van der Waals surface area contributed by atoms with Crippen LogP contribution in [0.4, 0.5) is 0 Å². The van der Waals surface area contributed by atoms with E-state index in [1.807, 2.05) is 7.05 Å². The fourth-order valence-electron chi connectivity index (χ4n) is 0.848. The van der Waals surface area contributed by atoms with E-state index in [0.29, 0.717) is 12.5 Å². The second kappa shape index (κ2) is 4.37. The Balaban J connectivity index is 2.35. The van der Waals surface area contributed by atoms with Crippen LogP contribution in [-0.2, 0) is 18.4 Å². The van der Waals surface area contributed by atoms with E-state index in [4.69, 9.17) is 4.74 Å². The summed E-state index contributed by atoms with van der Waals surface area (Å²) in [7, 11) is 1.85. The van der Waals surface area contributed by atoms with Crippen LogP contribution >= 0.6 is 0 Å². The zero-order valence-corrected chi connectivity index (χ0v) is 8.69. The van der Waals surface area contributed by atoms with Crippen LogP contribution in [-0.4, -0.2) is 20.9 Å². The fraction of sp³-hybridized carbons (Fsp3) is 0.778. The quantitative estimate of drug-likeness (QED) is 0.708. The molecule has 0 fully saturated rings. The lowest BCUT2D eigenvalue weighted by Gasteiger charge is -2.14. The molecule has 1 heterocycles. The van der Waals surface area contributed by atoms with Gasteiger partial charge in [0.2, 0.25) is 0 Å². The van der Waals surface area contributed by atoms with E-state index in [0.717, 1.165) is 5.82 Å². The fourth-order valence-corrected chi connectivity index (χ4v) is 0.848. The summed E-state index contributed by atoms with van der Waals surface area (Å²) in [4.78, 5) is 4.07. The average molecular weight is 183 g/mol. The minimum atomic E-state index is 0.254. The second-order valence-corrected chi connectivity index (χ2v) is 3.59. The van der Waals surface area contributed by atoms with Gasteiger partial charge in [0.05, 0.1) is 6.10 Å². The molecular formula is C9H17N3O. The van der Waals surface area contributed by atoms with Gasteiger partial charge in [-0.2, -0.15) is 5.10 Å². The van der Waals surface area contributed by atoms with E-state index < -0.39 is 0 Å². The number of aryl methyl sites for hydroxylation is 1. The third kappa shape index (κ3) is 3.14. The summed E-state index contributed by atoms with van der Waals surface area (Å²) >= 11 is 0. The van der Waals surface area contributed by atoms with Crippen molar-refractivity contribution in [1.82, 2.24) is 14.8 Å². The monoisotopic (exact) mass is 183 g/mol. The van der Waals surface area contributed by atoms with Crippen LogP contribution < -0.4 is 0 Å². The van der Waals surface area contributed by atoms with Crippen molar-refractivity contribution in [3.05, 3.63) is 12.2 Å². The van der Waals surface area contributed by atoms with Gasteiger partial charge in [0.25, 0.3) is 0 Å². The van der Waals surface area contributed by atoms with E-state index in [1.165, 1.54) is 0 Å². The summed E-state index contributed by atoms with van der Waals surface area (Å²) in [6, 6.07) is 0. The molecule has 1 aromatic heterocycles. The molecule has 0 saturated carbocycles. The summed E-state index contributed by atoms with van der Waals surface area (Å²) in [5.74, 6) is 1.28. The van der Waals surface area contributed by atoms with Crippen molar-refractivity contribution in [2.45, 2.75) is 33.5 Å². The normalized spacial score (nSPS) is 13.6. The molecular weight excluding hydrogens is 166 g/mol. The maximum atomic E-state index is 5.56. The number of ether oxygens (including phenoxy) is 1. The highest BCUT2D eigenvalue weighted by Gasteiger charge is 2.08. The van der Waals surface area contributed by atoms with E-state index >= 15 is 0 Å². The minimum absolute atomic E-state index is 0.254. The summed E-state index contributed by atoms with van der Waals surface area (Å²) in [6.07, 6.45) is 1.93. The van der Waals surface area contributed by atoms with Gasteiger partial charge >= 0.3 is 0 Å². The predicted octanol–water partition coefficient (Wildman–Crippen LogP) is 1.38. The maximum absolute atomic E-state index is 5.56. The maximum Gasteiger partial charge on any atom is 0.176 e. The van der Waals surface area contributed by atoms with E-state index in [2.05, 4.69) is 30.9 Å². The van der Waals surface area contributed by atoms with Crippen molar-refractivity contribution in [2.24, 2.45) is 13.0 Å².